The van der Waals surface area contributed by atoms with Gasteiger partial charge >= 0.3 is 0 Å². The average molecular weight is 272 g/mol. The van der Waals surface area contributed by atoms with Crippen molar-refractivity contribution in [1.82, 2.24) is 0 Å². The number of ether oxygens (including phenoxy) is 1. The van der Waals surface area contributed by atoms with E-state index >= 15 is 0 Å². The number of methoxy groups -OCH3 is 1. The summed E-state index contributed by atoms with van der Waals surface area (Å²) in [4.78, 5) is 13.9. The van der Waals surface area contributed by atoms with Gasteiger partial charge in [-0.3, -0.25) is 4.79 Å². The third-order valence-electron chi connectivity index (χ3n) is 4.04. The van der Waals surface area contributed by atoms with Crippen molar-refractivity contribution in [3.8, 4) is 6.07 Å². The van der Waals surface area contributed by atoms with Crippen LogP contribution in [-0.4, -0.2) is 32.1 Å². The molecule has 2 unspecified atom stereocenters. The van der Waals surface area contributed by atoms with Gasteiger partial charge in [-0.2, -0.15) is 5.26 Å². The van der Waals surface area contributed by atoms with Crippen LogP contribution in [0, 0.1) is 17.2 Å². The number of hydrogen-bond acceptors (Lipinski definition) is 4. The Morgan fingerprint density at radius 2 is 2.25 bits per heavy atom. The number of piperidine rings is 1. The van der Waals surface area contributed by atoms with Crippen LogP contribution in [0.25, 0.3) is 0 Å². The summed E-state index contributed by atoms with van der Waals surface area (Å²) in [6.45, 7) is 5.39. The quantitative estimate of drug-likeness (QED) is 0.794. The molecule has 4 heteroatoms. The van der Waals surface area contributed by atoms with Crippen LogP contribution < -0.4 is 4.90 Å². The first-order chi connectivity index (χ1) is 9.56. The minimum absolute atomic E-state index is 0.0251. The Morgan fingerprint density at radius 1 is 1.50 bits per heavy atom. The Labute approximate surface area is 120 Å². The fraction of sp³-hybridized carbons (Fsp3) is 0.500. The lowest BCUT2D eigenvalue weighted by atomic mass is 9.94. The summed E-state index contributed by atoms with van der Waals surface area (Å²) in [6.07, 6.45) is 1.18. The molecule has 0 N–H and O–H groups in total. The lowest BCUT2D eigenvalue weighted by Crippen LogP contribution is -2.44. The maximum atomic E-state index is 11.8. The smallest absolute Gasteiger partial charge is 0.161 e. The maximum Gasteiger partial charge on any atom is 0.161 e. The number of rotatable bonds is 3. The summed E-state index contributed by atoms with van der Waals surface area (Å²) in [5.41, 5.74) is 2.11. The molecular weight excluding hydrogens is 252 g/mol. The Balaban J connectivity index is 2.36. The van der Waals surface area contributed by atoms with Crippen LogP contribution in [0.1, 0.15) is 36.2 Å². The summed E-state index contributed by atoms with van der Waals surface area (Å²) in [7, 11) is 1.72. The molecule has 0 saturated carbocycles. The predicted molar refractivity (Wildman–Crippen MR) is 78.0 cm³/mol. The van der Waals surface area contributed by atoms with Gasteiger partial charge in [-0.05, 0) is 37.5 Å². The minimum Gasteiger partial charge on any atom is -0.379 e. The molecule has 0 spiro atoms. The van der Waals surface area contributed by atoms with E-state index in [1.165, 1.54) is 0 Å². The van der Waals surface area contributed by atoms with Crippen LogP contribution >= 0.6 is 0 Å². The molecule has 0 amide bonds. The molecule has 20 heavy (non-hydrogen) atoms. The molecule has 2 atom stereocenters. The van der Waals surface area contributed by atoms with Gasteiger partial charge in [0.1, 0.15) is 0 Å². The van der Waals surface area contributed by atoms with E-state index in [2.05, 4.69) is 17.9 Å². The van der Waals surface area contributed by atoms with Gasteiger partial charge in [-0.15, -0.1) is 0 Å². The number of nitriles is 1. The van der Waals surface area contributed by atoms with Crippen molar-refractivity contribution in [2.75, 3.05) is 25.1 Å². The summed E-state index contributed by atoms with van der Waals surface area (Å²) in [5, 5.41) is 9.05. The summed E-state index contributed by atoms with van der Waals surface area (Å²) in [5.74, 6) is 0.535. The second-order valence-corrected chi connectivity index (χ2v) is 5.39. The fourth-order valence-corrected chi connectivity index (χ4v) is 2.72. The molecule has 1 aliphatic rings. The number of ketones is 1. The molecule has 1 fully saturated rings. The number of nitrogens with zero attached hydrogens (tertiary/aromatic N) is 2. The molecule has 4 nitrogen and oxygen atoms in total. The molecule has 106 valence electrons. The molecule has 1 saturated heterocycles. The Bertz CT molecular complexity index is 548. The van der Waals surface area contributed by atoms with E-state index in [0.717, 1.165) is 25.2 Å². The van der Waals surface area contributed by atoms with Crippen molar-refractivity contribution in [3.05, 3.63) is 29.3 Å². The van der Waals surface area contributed by atoms with Crippen molar-refractivity contribution in [1.29, 1.82) is 5.26 Å². The molecule has 0 aliphatic carbocycles. The highest BCUT2D eigenvalue weighted by Crippen LogP contribution is 2.28. The number of hydrogen-bond donors (Lipinski definition) is 0. The summed E-state index contributed by atoms with van der Waals surface area (Å²) >= 11 is 0. The third kappa shape index (κ3) is 2.83. The van der Waals surface area contributed by atoms with Crippen molar-refractivity contribution in [3.63, 3.8) is 0 Å². The molecule has 1 aromatic rings. The monoisotopic (exact) mass is 272 g/mol. The van der Waals surface area contributed by atoms with E-state index < -0.39 is 0 Å². The highest BCUT2D eigenvalue weighted by molar-refractivity contribution is 6.00. The topological polar surface area (TPSA) is 53.3 Å². The van der Waals surface area contributed by atoms with Gasteiger partial charge in [0.15, 0.2) is 5.78 Å². The zero-order chi connectivity index (χ0) is 14.7. The number of carbonyl (C=O) groups is 1. The third-order valence-corrected chi connectivity index (χ3v) is 4.04. The molecule has 0 radical (unpaired) electrons. The molecule has 1 aromatic carbocycles. The Hall–Kier alpha value is -1.86. The SMILES string of the molecule is COC1CN(c2cc(C#N)ccc2C(C)=O)CCC1C. The van der Waals surface area contributed by atoms with Gasteiger partial charge in [0.2, 0.25) is 0 Å². The van der Waals surface area contributed by atoms with Gasteiger partial charge in [0, 0.05) is 31.5 Å². The van der Waals surface area contributed by atoms with Crippen molar-refractivity contribution in [2.45, 2.75) is 26.4 Å². The predicted octanol–water partition coefficient (Wildman–Crippen LogP) is 2.62. The summed E-state index contributed by atoms with van der Waals surface area (Å²) < 4.78 is 5.52. The Kier molecular flexibility index (Phi) is 4.41. The average Bonchev–Trinajstić information content (AvgIpc) is 2.47. The van der Waals surface area contributed by atoms with Crippen LogP contribution in [0.3, 0.4) is 0 Å². The summed E-state index contributed by atoms with van der Waals surface area (Å²) in [6, 6.07) is 7.38. The van der Waals surface area contributed by atoms with E-state index in [1.54, 1.807) is 32.2 Å². The van der Waals surface area contributed by atoms with E-state index in [1.807, 2.05) is 0 Å². The largest absolute Gasteiger partial charge is 0.379 e. The van der Waals surface area contributed by atoms with Crippen LogP contribution in [0.5, 0.6) is 0 Å². The molecule has 1 heterocycles. The molecule has 1 aliphatic heterocycles. The first kappa shape index (κ1) is 14.5. The van der Waals surface area contributed by atoms with Crippen molar-refractivity contribution < 1.29 is 9.53 Å². The zero-order valence-electron chi connectivity index (χ0n) is 12.2. The van der Waals surface area contributed by atoms with Crippen LogP contribution in [-0.2, 0) is 4.74 Å². The van der Waals surface area contributed by atoms with Crippen LogP contribution in [0.15, 0.2) is 18.2 Å². The van der Waals surface area contributed by atoms with Gasteiger partial charge < -0.3 is 9.64 Å². The number of benzene rings is 1. The fourth-order valence-electron chi connectivity index (χ4n) is 2.72. The van der Waals surface area contributed by atoms with Gasteiger partial charge in [0.05, 0.1) is 17.7 Å². The highest BCUT2D eigenvalue weighted by atomic mass is 16.5. The van der Waals surface area contributed by atoms with E-state index in [9.17, 15) is 4.79 Å². The number of anilines is 1. The second kappa shape index (κ2) is 6.06. The molecule has 0 bridgehead atoms. The maximum absolute atomic E-state index is 11.8. The first-order valence-corrected chi connectivity index (χ1v) is 6.89. The second-order valence-electron chi connectivity index (χ2n) is 5.39. The van der Waals surface area contributed by atoms with E-state index in [0.29, 0.717) is 17.0 Å². The Morgan fingerprint density at radius 3 is 2.85 bits per heavy atom. The number of carbonyl (C=O) groups excluding carboxylic acids is 1. The van der Waals surface area contributed by atoms with E-state index in [4.69, 9.17) is 10.00 Å². The van der Waals surface area contributed by atoms with Gasteiger partial charge in [0.25, 0.3) is 0 Å². The number of Topliss-reactive ketones (excluding diaryl/α,β-unsaturated/α-hetero) is 1. The normalized spacial score (nSPS) is 22.4. The lowest BCUT2D eigenvalue weighted by molar-refractivity contribution is 0.0498. The van der Waals surface area contributed by atoms with Crippen molar-refractivity contribution in [2.24, 2.45) is 5.92 Å². The zero-order valence-corrected chi connectivity index (χ0v) is 12.2. The molecule has 2 rings (SSSR count). The molecule has 0 aromatic heterocycles. The molecular formula is C16H20N2O2. The van der Waals surface area contributed by atoms with Gasteiger partial charge in [-0.1, -0.05) is 6.92 Å². The first-order valence-electron chi connectivity index (χ1n) is 6.89. The van der Waals surface area contributed by atoms with Crippen LogP contribution in [0.2, 0.25) is 0 Å². The lowest BCUT2D eigenvalue weighted by Gasteiger charge is -2.38. The minimum atomic E-state index is 0.0251. The standard InChI is InChI=1S/C16H20N2O2/c1-11-6-7-18(10-16(11)20-3)15-8-13(9-17)4-5-14(15)12(2)19/h4-5,8,11,16H,6-7,10H2,1-3H3. The highest BCUT2D eigenvalue weighted by Gasteiger charge is 2.27. The van der Waals surface area contributed by atoms with Crippen LogP contribution in [0.4, 0.5) is 5.69 Å². The van der Waals surface area contributed by atoms with Crippen molar-refractivity contribution >= 4 is 11.5 Å². The van der Waals surface area contributed by atoms with Gasteiger partial charge in [-0.25, -0.2) is 0 Å². The van der Waals surface area contributed by atoms with E-state index in [-0.39, 0.29) is 11.9 Å².